The summed E-state index contributed by atoms with van der Waals surface area (Å²) in [5.41, 5.74) is -0.473. The molecule has 4 rings (SSSR count). The van der Waals surface area contributed by atoms with Gasteiger partial charge in [-0.2, -0.15) is 0 Å². The van der Waals surface area contributed by atoms with Crippen LogP contribution in [0.3, 0.4) is 0 Å². The van der Waals surface area contributed by atoms with Crippen molar-refractivity contribution in [1.82, 2.24) is 0 Å². The van der Waals surface area contributed by atoms with Gasteiger partial charge in [0.05, 0.1) is 19.1 Å². The standard InChI is InChI=1S/C20H20O10/c1-27-8-5-11-14(15(23)9-3-2-4-10(22)19(9)28-11)12(6-8)29-20-18(26)17(25)16(24)13(7-21)30-20/h2-6,13,16-18,20-22,24-26H,7H2,1H3. The van der Waals surface area contributed by atoms with E-state index in [-0.39, 0.29) is 39.2 Å². The number of phenolic OH excluding ortho intramolecular Hbond substituents is 1. The Labute approximate surface area is 169 Å². The summed E-state index contributed by atoms with van der Waals surface area (Å²) in [6.45, 7) is -0.629. The largest absolute Gasteiger partial charge is 0.504 e. The van der Waals surface area contributed by atoms with E-state index in [9.17, 15) is 30.3 Å². The van der Waals surface area contributed by atoms with Crippen molar-refractivity contribution in [3.63, 3.8) is 0 Å². The molecule has 2 aromatic carbocycles. The second-order valence-electron chi connectivity index (χ2n) is 6.90. The van der Waals surface area contributed by atoms with Crippen molar-refractivity contribution in [2.75, 3.05) is 13.7 Å². The van der Waals surface area contributed by atoms with Crippen LogP contribution in [0.2, 0.25) is 0 Å². The number of aliphatic hydroxyl groups excluding tert-OH is 4. The number of rotatable bonds is 4. The van der Waals surface area contributed by atoms with Crippen molar-refractivity contribution < 1.29 is 44.2 Å². The molecule has 0 bridgehead atoms. The molecule has 160 valence electrons. The van der Waals surface area contributed by atoms with Crippen molar-refractivity contribution in [3.8, 4) is 17.2 Å². The Bertz CT molecular complexity index is 1140. The molecule has 0 spiro atoms. The van der Waals surface area contributed by atoms with Gasteiger partial charge in [-0.3, -0.25) is 4.79 Å². The molecule has 1 aliphatic heterocycles. The van der Waals surface area contributed by atoms with Gasteiger partial charge in [0.25, 0.3) is 0 Å². The topological polar surface area (TPSA) is 159 Å². The van der Waals surface area contributed by atoms with E-state index in [0.29, 0.717) is 0 Å². The number of ether oxygens (including phenoxy) is 3. The Morgan fingerprint density at radius 3 is 2.57 bits per heavy atom. The molecule has 10 heteroatoms. The van der Waals surface area contributed by atoms with Crippen LogP contribution in [0.1, 0.15) is 0 Å². The van der Waals surface area contributed by atoms with E-state index in [2.05, 4.69) is 0 Å². The predicted octanol–water partition coefficient (Wildman–Crippen LogP) is -0.161. The van der Waals surface area contributed by atoms with Gasteiger partial charge in [0.15, 0.2) is 11.3 Å². The number of fused-ring (bicyclic) bond motifs is 2. The molecular weight excluding hydrogens is 400 g/mol. The van der Waals surface area contributed by atoms with Gasteiger partial charge in [0, 0.05) is 12.1 Å². The molecule has 0 aliphatic carbocycles. The van der Waals surface area contributed by atoms with Crippen LogP contribution in [0.5, 0.6) is 17.2 Å². The second-order valence-corrected chi connectivity index (χ2v) is 6.90. The number of para-hydroxylation sites is 1. The van der Waals surface area contributed by atoms with Crippen LogP contribution in [0.25, 0.3) is 21.9 Å². The third-order valence-electron chi connectivity index (χ3n) is 5.04. The molecule has 30 heavy (non-hydrogen) atoms. The maximum absolute atomic E-state index is 13.1. The summed E-state index contributed by atoms with van der Waals surface area (Å²) >= 11 is 0. The maximum atomic E-state index is 13.1. The molecule has 5 atom stereocenters. The summed E-state index contributed by atoms with van der Waals surface area (Å²) in [5, 5.41) is 49.6. The van der Waals surface area contributed by atoms with Crippen molar-refractivity contribution in [3.05, 3.63) is 40.6 Å². The zero-order chi connectivity index (χ0) is 21.6. The average Bonchev–Trinajstić information content (AvgIpc) is 2.74. The van der Waals surface area contributed by atoms with Gasteiger partial charge in [-0.15, -0.1) is 0 Å². The number of hydrogen-bond acceptors (Lipinski definition) is 10. The summed E-state index contributed by atoms with van der Waals surface area (Å²) in [6, 6.07) is 7.14. The van der Waals surface area contributed by atoms with Crippen molar-refractivity contribution >= 4 is 21.9 Å². The number of aliphatic hydroxyl groups is 4. The first kappa shape index (κ1) is 20.4. The minimum atomic E-state index is -1.67. The van der Waals surface area contributed by atoms with E-state index in [0.717, 1.165) is 0 Å². The Balaban J connectivity index is 1.87. The van der Waals surface area contributed by atoms with E-state index in [1.807, 2.05) is 0 Å². The number of aromatic hydroxyl groups is 1. The first-order chi connectivity index (χ1) is 14.3. The molecule has 5 N–H and O–H groups in total. The van der Waals surface area contributed by atoms with Gasteiger partial charge >= 0.3 is 0 Å². The van der Waals surface area contributed by atoms with Crippen LogP contribution in [0.4, 0.5) is 0 Å². The van der Waals surface area contributed by atoms with Gasteiger partial charge in [-0.25, -0.2) is 0 Å². The molecule has 0 radical (unpaired) electrons. The summed E-state index contributed by atoms with van der Waals surface area (Å²) < 4.78 is 21.9. The third kappa shape index (κ3) is 3.24. The first-order valence-electron chi connectivity index (χ1n) is 9.09. The number of phenols is 1. The fourth-order valence-corrected chi connectivity index (χ4v) is 3.43. The monoisotopic (exact) mass is 420 g/mol. The smallest absolute Gasteiger partial charge is 0.229 e. The molecule has 0 saturated carbocycles. The Morgan fingerprint density at radius 1 is 1.10 bits per heavy atom. The molecule has 1 saturated heterocycles. The molecule has 2 heterocycles. The van der Waals surface area contributed by atoms with E-state index in [4.69, 9.17) is 18.6 Å². The van der Waals surface area contributed by atoms with Crippen LogP contribution < -0.4 is 14.9 Å². The summed E-state index contributed by atoms with van der Waals surface area (Å²) in [6.07, 6.45) is -7.55. The second kappa shape index (κ2) is 7.74. The van der Waals surface area contributed by atoms with Gasteiger partial charge in [-0.1, -0.05) is 6.07 Å². The SMILES string of the molecule is COc1cc(OC2OC(CO)C(O)C(O)C2O)c2c(=O)c3cccc(O)c3oc2c1. The highest BCUT2D eigenvalue weighted by molar-refractivity contribution is 5.95. The zero-order valence-electron chi connectivity index (χ0n) is 15.8. The highest BCUT2D eigenvalue weighted by atomic mass is 16.7. The van der Waals surface area contributed by atoms with E-state index in [1.165, 1.54) is 37.4 Å². The lowest BCUT2D eigenvalue weighted by atomic mass is 9.99. The van der Waals surface area contributed by atoms with E-state index >= 15 is 0 Å². The lowest BCUT2D eigenvalue weighted by Crippen LogP contribution is -2.60. The fraction of sp³-hybridized carbons (Fsp3) is 0.350. The molecule has 0 amide bonds. The van der Waals surface area contributed by atoms with E-state index < -0.39 is 42.7 Å². The first-order valence-corrected chi connectivity index (χ1v) is 9.09. The average molecular weight is 420 g/mol. The minimum Gasteiger partial charge on any atom is -0.504 e. The quantitative estimate of drug-likeness (QED) is 0.359. The Hall–Kier alpha value is -2.89. The molecular formula is C20H20O10. The van der Waals surface area contributed by atoms with Gasteiger partial charge in [-0.05, 0) is 12.1 Å². The molecule has 10 nitrogen and oxygen atoms in total. The number of benzene rings is 2. The third-order valence-corrected chi connectivity index (χ3v) is 5.04. The van der Waals surface area contributed by atoms with Crippen molar-refractivity contribution in [1.29, 1.82) is 0 Å². The Kier molecular flexibility index (Phi) is 5.26. The normalized spacial score (nSPS) is 26.8. The molecule has 5 unspecified atom stereocenters. The zero-order valence-corrected chi connectivity index (χ0v) is 15.8. The van der Waals surface area contributed by atoms with Gasteiger partial charge < -0.3 is 44.2 Å². The maximum Gasteiger partial charge on any atom is 0.229 e. The summed E-state index contributed by atoms with van der Waals surface area (Å²) in [5.74, 6) is -0.0431. The van der Waals surface area contributed by atoms with Crippen molar-refractivity contribution in [2.24, 2.45) is 0 Å². The predicted molar refractivity (Wildman–Crippen MR) is 103 cm³/mol. The van der Waals surface area contributed by atoms with Crippen LogP contribution in [-0.4, -0.2) is 70.0 Å². The van der Waals surface area contributed by atoms with Crippen molar-refractivity contribution in [2.45, 2.75) is 30.7 Å². The van der Waals surface area contributed by atoms with Crippen LogP contribution >= 0.6 is 0 Å². The van der Waals surface area contributed by atoms with Crippen LogP contribution in [-0.2, 0) is 4.74 Å². The highest BCUT2D eigenvalue weighted by Gasteiger charge is 2.45. The van der Waals surface area contributed by atoms with Crippen LogP contribution in [0.15, 0.2) is 39.5 Å². The Morgan fingerprint density at radius 2 is 1.87 bits per heavy atom. The van der Waals surface area contributed by atoms with Crippen LogP contribution in [0, 0.1) is 0 Å². The lowest BCUT2D eigenvalue weighted by molar-refractivity contribution is -0.277. The van der Waals surface area contributed by atoms with Gasteiger partial charge in [0.2, 0.25) is 11.7 Å². The summed E-state index contributed by atoms with van der Waals surface area (Å²) in [4.78, 5) is 13.1. The molecule has 3 aromatic rings. The minimum absolute atomic E-state index is 0.00846. The number of methoxy groups -OCH3 is 1. The number of hydrogen-bond donors (Lipinski definition) is 5. The van der Waals surface area contributed by atoms with Gasteiger partial charge in [0.1, 0.15) is 46.9 Å². The molecule has 1 aromatic heterocycles. The fourth-order valence-electron chi connectivity index (χ4n) is 3.43. The highest BCUT2D eigenvalue weighted by Crippen LogP contribution is 2.35. The molecule has 1 fully saturated rings. The van der Waals surface area contributed by atoms with E-state index in [1.54, 1.807) is 0 Å². The summed E-state index contributed by atoms with van der Waals surface area (Å²) in [7, 11) is 1.38. The molecule has 1 aliphatic rings. The lowest BCUT2D eigenvalue weighted by Gasteiger charge is -2.39.